The minimum atomic E-state index is -3.62. The lowest BCUT2D eigenvalue weighted by molar-refractivity contribution is 0.563. The highest BCUT2D eigenvalue weighted by molar-refractivity contribution is 7.89. The highest BCUT2D eigenvalue weighted by Crippen LogP contribution is 2.33. The fourth-order valence-corrected chi connectivity index (χ4v) is 3.33. The highest BCUT2D eigenvalue weighted by atomic mass is 32.2. The van der Waals surface area contributed by atoms with Gasteiger partial charge in [0.25, 0.3) is 0 Å². The van der Waals surface area contributed by atoms with Crippen molar-refractivity contribution in [3.63, 3.8) is 0 Å². The average Bonchev–Trinajstić information content (AvgIpc) is 3.13. The molecule has 6 heteroatoms. The molecular weight excluding hydrogens is 262 g/mol. The van der Waals surface area contributed by atoms with Crippen LogP contribution in [0, 0.1) is 25.2 Å². The van der Waals surface area contributed by atoms with Crippen molar-refractivity contribution in [2.45, 2.75) is 37.6 Å². The Kier molecular flexibility index (Phi) is 3.64. The minimum absolute atomic E-state index is 0.116. The van der Waals surface area contributed by atoms with E-state index in [-0.39, 0.29) is 16.6 Å². The van der Waals surface area contributed by atoms with Gasteiger partial charge in [0.2, 0.25) is 10.0 Å². The molecule has 104 valence electrons. The Balaban J connectivity index is 2.26. The summed E-state index contributed by atoms with van der Waals surface area (Å²) in [6, 6.07) is 4.42. The molecule has 1 aromatic carbocycles. The first-order chi connectivity index (χ1) is 8.81. The Morgan fingerprint density at radius 1 is 1.37 bits per heavy atom. The predicted octanol–water partition coefficient (Wildman–Crippen LogP) is 1.30. The van der Waals surface area contributed by atoms with E-state index < -0.39 is 16.1 Å². The molecule has 0 aromatic heterocycles. The number of nitrogens with one attached hydrogen (secondary N) is 2. The third kappa shape index (κ3) is 3.13. The van der Waals surface area contributed by atoms with E-state index in [1.54, 1.807) is 18.2 Å². The molecule has 1 fully saturated rings. The van der Waals surface area contributed by atoms with Gasteiger partial charge in [0.15, 0.2) is 0 Å². The quantitative estimate of drug-likeness (QED) is 0.560. The van der Waals surface area contributed by atoms with Crippen molar-refractivity contribution < 1.29 is 8.42 Å². The van der Waals surface area contributed by atoms with E-state index in [1.807, 2.05) is 13.8 Å². The fourth-order valence-electron chi connectivity index (χ4n) is 1.96. The summed E-state index contributed by atoms with van der Waals surface area (Å²) in [4.78, 5) is 0.225. The second-order valence-electron chi connectivity index (χ2n) is 5.14. The fraction of sp³-hybridized carbons (Fsp3) is 0.462. The zero-order valence-corrected chi connectivity index (χ0v) is 11.9. The number of sulfonamides is 1. The molecule has 19 heavy (non-hydrogen) atoms. The maximum absolute atomic E-state index is 12.3. The van der Waals surface area contributed by atoms with E-state index in [2.05, 4.69) is 4.72 Å². The molecule has 1 aromatic rings. The summed E-state index contributed by atoms with van der Waals surface area (Å²) in [6.07, 6.45) is 1.83. The number of hydrogen-bond acceptors (Lipinski definition) is 3. The van der Waals surface area contributed by atoms with Crippen LogP contribution in [0.25, 0.3) is 0 Å². The van der Waals surface area contributed by atoms with Crippen LogP contribution in [0.1, 0.15) is 24.0 Å². The largest absolute Gasteiger partial charge is 0.386 e. The van der Waals surface area contributed by atoms with E-state index in [9.17, 15) is 8.42 Å². The zero-order chi connectivity index (χ0) is 14.2. The second kappa shape index (κ2) is 4.94. The van der Waals surface area contributed by atoms with E-state index in [4.69, 9.17) is 11.1 Å². The Morgan fingerprint density at radius 3 is 2.47 bits per heavy atom. The van der Waals surface area contributed by atoms with Crippen LogP contribution in [0.15, 0.2) is 23.1 Å². The molecule has 5 nitrogen and oxygen atoms in total. The molecule has 0 radical (unpaired) electrons. The maximum atomic E-state index is 12.3. The average molecular weight is 281 g/mol. The van der Waals surface area contributed by atoms with Gasteiger partial charge >= 0.3 is 0 Å². The van der Waals surface area contributed by atoms with Gasteiger partial charge in [0.1, 0.15) is 5.84 Å². The number of amidine groups is 1. The van der Waals surface area contributed by atoms with Crippen molar-refractivity contribution in [3.05, 3.63) is 29.3 Å². The number of nitrogens with two attached hydrogens (primary N) is 1. The zero-order valence-electron chi connectivity index (χ0n) is 11.1. The first-order valence-electron chi connectivity index (χ1n) is 6.25. The lowest BCUT2D eigenvalue weighted by Crippen LogP contribution is -2.45. The Morgan fingerprint density at radius 2 is 2.00 bits per heavy atom. The van der Waals surface area contributed by atoms with Crippen LogP contribution in [-0.2, 0) is 10.0 Å². The Labute approximate surface area is 113 Å². The third-order valence-electron chi connectivity index (χ3n) is 3.50. The lowest BCUT2D eigenvalue weighted by Gasteiger charge is -2.17. The molecule has 1 saturated carbocycles. The van der Waals surface area contributed by atoms with Crippen LogP contribution in [0.4, 0.5) is 0 Å². The van der Waals surface area contributed by atoms with Crippen molar-refractivity contribution in [3.8, 4) is 0 Å². The molecule has 1 aliphatic carbocycles. The number of benzene rings is 1. The molecule has 4 N–H and O–H groups in total. The Bertz CT molecular complexity index is 606. The molecule has 1 atom stereocenters. The third-order valence-corrected chi connectivity index (χ3v) is 4.94. The summed E-state index contributed by atoms with van der Waals surface area (Å²) < 4.78 is 27.1. The molecule has 2 rings (SSSR count). The molecule has 0 saturated heterocycles. The van der Waals surface area contributed by atoms with E-state index in [0.717, 1.165) is 24.0 Å². The van der Waals surface area contributed by atoms with E-state index in [0.29, 0.717) is 0 Å². The van der Waals surface area contributed by atoms with Gasteiger partial charge in [-0.3, -0.25) is 5.41 Å². The van der Waals surface area contributed by atoms with Crippen LogP contribution >= 0.6 is 0 Å². The van der Waals surface area contributed by atoms with Gasteiger partial charge in [-0.05, 0) is 55.9 Å². The summed E-state index contributed by atoms with van der Waals surface area (Å²) in [5, 5.41) is 7.49. The van der Waals surface area contributed by atoms with Crippen molar-refractivity contribution >= 4 is 15.9 Å². The van der Waals surface area contributed by atoms with E-state index in [1.165, 1.54) is 0 Å². The standard InChI is InChI=1S/C13H19N3O2S/c1-8-3-6-11(7-9(8)2)19(17,18)16-12(13(14)15)10-4-5-10/h3,6-7,10,12,16H,4-5H2,1-2H3,(H3,14,15). The smallest absolute Gasteiger partial charge is 0.241 e. The summed E-state index contributed by atoms with van der Waals surface area (Å²) in [5.41, 5.74) is 7.44. The molecule has 0 bridgehead atoms. The topological polar surface area (TPSA) is 96.0 Å². The van der Waals surface area contributed by atoms with Crippen molar-refractivity contribution in [2.75, 3.05) is 0 Å². The van der Waals surface area contributed by atoms with Gasteiger partial charge in [-0.1, -0.05) is 6.07 Å². The normalized spacial score (nSPS) is 17.2. The summed E-state index contributed by atoms with van der Waals surface area (Å²) >= 11 is 0. The minimum Gasteiger partial charge on any atom is -0.386 e. The van der Waals surface area contributed by atoms with Crippen LogP contribution < -0.4 is 10.5 Å². The first kappa shape index (κ1) is 14.0. The van der Waals surface area contributed by atoms with Gasteiger partial charge in [-0.25, -0.2) is 13.1 Å². The SMILES string of the molecule is Cc1ccc(S(=O)(=O)NC(C(=N)N)C2CC2)cc1C. The number of rotatable bonds is 5. The van der Waals surface area contributed by atoms with E-state index >= 15 is 0 Å². The maximum Gasteiger partial charge on any atom is 0.241 e. The molecule has 0 amide bonds. The lowest BCUT2D eigenvalue weighted by atomic mass is 10.1. The van der Waals surface area contributed by atoms with Crippen LogP contribution in [0.5, 0.6) is 0 Å². The van der Waals surface area contributed by atoms with Crippen LogP contribution in [-0.4, -0.2) is 20.3 Å². The van der Waals surface area contributed by atoms with Crippen molar-refractivity contribution in [1.82, 2.24) is 4.72 Å². The van der Waals surface area contributed by atoms with Crippen molar-refractivity contribution in [1.29, 1.82) is 5.41 Å². The molecule has 0 heterocycles. The molecular formula is C13H19N3O2S. The van der Waals surface area contributed by atoms with Gasteiger partial charge in [-0.2, -0.15) is 0 Å². The monoisotopic (exact) mass is 281 g/mol. The van der Waals surface area contributed by atoms with Crippen LogP contribution in [0.2, 0.25) is 0 Å². The van der Waals surface area contributed by atoms with Crippen LogP contribution in [0.3, 0.4) is 0 Å². The summed E-state index contributed by atoms with van der Waals surface area (Å²) in [6.45, 7) is 3.80. The number of hydrogen-bond donors (Lipinski definition) is 3. The molecule has 1 aliphatic rings. The van der Waals surface area contributed by atoms with Crippen molar-refractivity contribution in [2.24, 2.45) is 11.7 Å². The summed E-state index contributed by atoms with van der Waals surface area (Å²) in [5.74, 6) is 0.0497. The predicted molar refractivity (Wildman–Crippen MR) is 74.7 cm³/mol. The first-order valence-corrected chi connectivity index (χ1v) is 7.73. The molecule has 0 aliphatic heterocycles. The Hall–Kier alpha value is -1.40. The van der Waals surface area contributed by atoms with Gasteiger partial charge < -0.3 is 5.73 Å². The highest BCUT2D eigenvalue weighted by Gasteiger charge is 2.36. The second-order valence-corrected chi connectivity index (χ2v) is 6.85. The van der Waals surface area contributed by atoms with Gasteiger partial charge in [0.05, 0.1) is 10.9 Å². The molecule has 0 spiro atoms. The van der Waals surface area contributed by atoms with Gasteiger partial charge in [-0.15, -0.1) is 0 Å². The molecule has 1 unspecified atom stereocenters. The van der Waals surface area contributed by atoms with Gasteiger partial charge in [0, 0.05) is 0 Å². The summed E-state index contributed by atoms with van der Waals surface area (Å²) in [7, 11) is -3.62. The number of aryl methyl sites for hydroxylation is 2.